The summed E-state index contributed by atoms with van der Waals surface area (Å²) >= 11 is 0. The fraction of sp³-hybridized carbons (Fsp3) is 0. The molecule has 0 amide bonds. The van der Waals surface area contributed by atoms with Crippen LogP contribution in [-0.4, -0.2) is 79.7 Å². The predicted octanol–water partition coefficient (Wildman–Crippen LogP) is -1.14. The maximum absolute atomic E-state index is 0. The zero-order chi connectivity index (χ0) is 0. The van der Waals surface area contributed by atoms with E-state index in [1.54, 1.807) is 0 Å². The number of hydrogen-bond acceptors (Lipinski definition) is 0. The van der Waals surface area contributed by atoms with E-state index >= 15 is 0 Å². The van der Waals surface area contributed by atoms with Crippen LogP contribution in [0.25, 0.3) is 0 Å². The zero-order valence-electron chi connectivity index (χ0n) is 3.12. The minimum absolute atomic E-state index is 0. The summed E-state index contributed by atoms with van der Waals surface area (Å²) in [5.41, 5.74) is 0. The SMILES string of the molecule is [Ca].[Li].[Mg].[Zn]. The second kappa shape index (κ2) is 16.3. The first-order chi connectivity index (χ1) is 0. The van der Waals surface area contributed by atoms with Gasteiger partial charge in [-0.25, -0.2) is 0 Å². The summed E-state index contributed by atoms with van der Waals surface area (Å²) in [5.74, 6) is 0. The third-order valence-electron chi connectivity index (χ3n) is 0. The van der Waals surface area contributed by atoms with E-state index in [4.69, 9.17) is 0 Å². The van der Waals surface area contributed by atoms with Gasteiger partial charge in [0.1, 0.15) is 0 Å². The Morgan fingerprint density at radius 2 is 1.00 bits per heavy atom. The molecular weight excluding hydrogens is 137 g/mol. The second-order valence-corrected chi connectivity index (χ2v) is 0. The molecule has 0 nitrogen and oxygen atoms in total. The van der Waals surface area contributed by atoms with E-state index in [1.165, 1.54) is 0 Å². The third-order valence-corrected chi connectivity index (χ3v) is 0. The molecule has 0 aliphatic rings. The van der Waals surface area contributed by atoms with Crippen LogP contribution in [0.4, 0.5) is 0 Å². The first-order valence-corrected chi connectivity index (χ1v) is 0. The van der Waals surface area contributed by atoms with Gasteiger partial charge >= 0.3 is 0 Å². The molecule has 0 aliphatic heterocycles. The molecule has 0 saturated carbocycles. The minimum Gasteiger partial charge on any atom is 0 e. The molecule has 0 heterocycles. The smallest absolute Gasteiger partial charge is 0 e. The monoisotopic (exact) mass is 135 g/mol. The van der Waals surface area contributed by atoms with Gasteiger partial charge in [0, 0.05) is 99.1 Å². The Balaban J connectivity index is 0. The predicted molar refractivity (Wildman–Crippen MR) is 17.3 cm³/mol. The number of hydrogen-bond donors (Lipinski definition) is 0. The molecule has 0 rings (SSSR count). The Bertz CT molecular complexity index is 8.00. The van der Waals surface area contributed by atoms with E-state index in [1.807, 2.05) is 0 Å². The summed E-state index contributed by atoms with van der Waals surface area (Å²) in [4.78, 5) is 0. The molecule has 4 heteroatoms. The van der Waals surface area contributed by atoms with Crippen molar-refractivity contribution in [3.63, 3.8) is 0 Å². The Morgan fingerprint density at radius 3 is 1.00 bits per heavy atom. The van der Waals surface area contributed by atoms with E-state index in [0.29, 0.717) is 0 Å². The standard InChI is InChI=1S/Ca.Li.Mg.Zn. The van der Waals surface area contributed by atoms with Crippen LogP contribution in [-0.2, 0) is 19.5 Å². The summed E-state index contributed by atoms with van der Waals surface area (Å²) in [5, 5.41) is 0. The van der Waals surface area contributed by atoms with Crippen molar-refractivity contribution in [2.75, 3.05) is 0 Å². The van der Waals surface area contributed by atoms with Crippen LogP contribution in [0.5, 0.6) is 0 Å². The van der Waals surface area contributed by atoms with Gasteiger partial charge in [0.15, 0.2) is 0 Å². The third kappa shape index (κ3) is 8.98. The van der Waals surface area contributed by atoms with Crippen molar-refractivity contribution in [1.82, 2.24) is 0 Å². The van der Waals surface area contributed by atoms with Crippen LogP contribution in [0.3, 0.4) is 0 Å². The minimum atomic E-state index is 0. The van der Waals surface area contributed by atoms with Gasteiger partial charge in [-0.3, -0.25) is 0 Å². The Morgan fingerprint density at radius 1 is 1.00 bits per heavy atom. The topological polar surface area (TPSA) is 0 Å². The van der Waals surface area contributed by atoms with Gasteiger partial charge in [-0.2, -0.15) is 0 Å². The zero-order valence-corrected chi connectivity index (χ0v) is 9.71. The first-order valence-electron chi connectivity index (χ1n) is 0. The molecule has 7 valence electrons. The van der Waals surface area contributed by atoms with E-state index in [-0.39, 0.29) is 99.1 Å². The molecular formula is CaLiMgZn. The van der Waals surface area contributed by atoms with Crippen molar-refractivity contribution in [1.29, 1.82) is 0 Å². The second-order valence-electron chi connectivity index (χ2n) is 0. The summed E-state index contributed by atoms with van der Waals surface area (Å²) in [6, 6.07) is 0. The van der Waals surface area contributed by atoms with Crippen molar-refractivity contribution in [2.45, 2.75) is 0 Å². The quantitative estimate of drug-likeness (QED) is 0.370. The van der Waals surface area contributed by atoms with Crippen molar-refractivity contribution in [3.8, 4) is 0 Å². The van der Waals surface area contributed by atoms with Crippen LogP contribution in [0.2, 0.25) is 0 Å². The fourth-order valence-corrected chi connectivity index (χ4v) is 0. The molecule has 0 aromatic heterocycles. The molecule has 0 saturated heterocycles. The summed E-state index contributed by atoms with van der Waals surface area (Å²) in [6.45, 7) is 0. The number of rotatable bonds is 0. The molecule has 0 aromatic rings. The van der Waals surface area contributed by atoms with Crippen molar-refractivity contribution >= 4 is 79.7 Å². The molecule has 0 fully saturated rings. The Kier molecular flexibility index (Phi) is 109. The summed E-state index contributed by atoms with van der Waals surface area (Å²) in [7, 11) is 0. The van der Waals surface area contributed by atoms with Gasteiger partial charge in [-0.05, 0) is 0 Å². The van der Waals surface area contributed by atoms with Crippen LogP contribution in [0.1, 0.15) is 0 Å². The van der Waals surface area contributed by atoms with Crippen LogP contribution in [0.15, 0.2) is 0 Å². The molecule has 5 radical (unpaired) electrons. The largest absolute Gasteiger partial charge is 0 e. The Hall–Kier alpha value is 3.25. The van der Waals surface area contributed by atoms with Crippen LogP contribution >= 0.6 is 0 Å². The summed E-state index contributed by atoms with van der Waals surface area (Å²) < 4.78 is 0. The molecule has 0 atom stereocenters. The molecule has 0 aromatic carbocycles. The molecule has 0 bridgehead atoms. The van der Waals surface area contributed by atoms with Crippen molar-refractivity contribution in [2.24, 2.45) is 0 Å². The molecule has 0 spiro atoms. The maximum atomic E-state index is 0. The molecule has 0 N–H and O–H groups in total. The fourth-order valence-electron chi connectivity index (χ4n) is 0. The molecule has 0 unspecified atom stereocenters. The average molecular weight is 137 g/mol. The van der Waals surface area contributed by atoms with Gasteiger partial charge in [0.25, 0.3) is 0 Å². The van der Waals surface area contributed by atoms with E-state index < -0.39 is 0 Å². The van der Waals surface area contributed by atoms with Gasteiger partial charge in [0.2, 0.25) is 0 Å². The van der Waals surface area contributed by atoms with E-state index in [2.05, 4.69) is 0 Å². The molecule has 4 heavy (non-hydrogen) atoms. The van der Waals surface area contributed by atoms with Gasteiger partial charge in [-0.15, -0.1) is 0 Å². The summed E-state index contributed by atoms with van der Waals surface area (Å²) in [6.07, 6.45) is 0. The van der Waals surface area contributed by atoms with Crippen LogP contribution in [0, 0.1) is 0 Å². The van der Waals surface area contributed by atoms with E-state index in [9.17, 15) is 0 Å². The maximum Gasteiger partial charge on any atom is 0 e. The normalized spacial score (nSPS) is 0. The van der Waals surface area contributed by atoms with Gasteiger partial charge in [0.05, 0.1) is 0 Å². The van der Waals surface area contributed by atoms with Gasteiger partial charge in [-0.1, -0.05) is 0 Å². The first kappa shape index (κ1) is 26.8. The van der Waals surface area contributed by atoms with Crippen molar-refractivity contribution < 1.29 is 19.5 Å². The molecule has 0 aliphatic carbocycles. The van der Waals surface area contributed by atoms with Crippen LogP contribution < -0.4 is 0 Å². The van der Waals surface area contributed by atoms with Crippen molar-refractivity contribution in [3.05, 3.63) is 0 Å². The average Bonchev–Trinajstić information content (AvgIpc) is 0. The van der Waals surface area contributed by atoms with Gasteiger partial charge < -0.3 is 0 Å². The Labute approximate surface area is 96.9 Å². The van der Waals surface area contributed by atoms with E-state index in [0.717, 1.165) is 0 Å².